The molecule has 0 aliphatic carbocycles. The standard InChI is InChI=1S/C15H23NO7/c17-14-12-2-1-3-13(16-12)15(18)23-11-9-21-7-5-19-4-6-20-8-10-22-14/h1-3,14-15,17-18H,4-11H2. The molecule has 8 nitrogen and oxygen atoms in total. The van der Waals surface area contributed by atoms with Gasteiger partial charge in [-0.15, -0.1) is 0 Å². The third-order valence-electron chi connectivity index (χ3n) is 3.05. The topological polar surface area (TPSA) is 99.5 Å². The molecule has 2 rings (SSSR count). The number of ether oxygens (including phenoxy) is 5. The minimum atomic E-state index is -1.19. The molecule has 0 saturated carbocycles. The second kappa shape index (κ2) is 10.6. The number of hydrogen-bond acceptors (Lipinski definition) is 8. The van der Waals surface area contributed by atoms with Gasteiger partial charge in [-0.05, 0) is 12.1 Å². The first kappa shape index (κ1) is 18.2. The average molecular weight is 329 g/mol. The maximum absolute atomic E-state index is 9.95. The third kappa shape index (κ3) is 6.88. The second-order valence-corrected chi connectivity index (χ2v) is 4.77. The molecule has 1 aliphatic heterocycles. The van der Waals surface area contributed by atoms with Crippen LogP contribution in [-0.2, 0) is 23.7 Å². The molecule has 1 aromatic heterocycles. The number of aliphatic hydroxyl groups is 2. The third-order valence-corrected chi connectivity index (χ3v) is 3.05. The Hall–Kier alpha value is -1.13. The van der Waals surface area contributed by atoms with E-state index in [1.165, 1.54) is 0 Å². The van der Waals surface area contributed by atoms with Crippen LogP contribution in [0.5, 0.6) is 0 Å². The summed E-state index contributed by atoms with van der Waals surface area (Å²) in [6.07, 6.45) is -2.38. The number of aliphatic hydroxyl groups excluding tert-OH is 2. The number of pyridine rings is 1. The van der Waals surface area contributed by atoms with Crippen molar-refractivity contribution < 1.29 is 33.9 Å². The maximum Gasteiger partial charge on any atom is 0.198 e. The molecule has 2 bridgehead atoms. The molecule has 8 heteroatoms. The first-order chi connectivity index (χ1) is 11.3. The lowest BCUT2D eigenvalue weighted by Crippen LogP contribution is -2.17. The van der Waals surface area contributed by atoms with Crippen molar-refractivity contribution >= 4 is 0 Å². The Morgan fingerprint density at radius 1 is 0.696 bits per heavy atom. The summed E-state index contributed by atoms with van der Waals surface area (Å²) < 4.78 is 26.4. The Morgan fingerprint density at radius 2 is 1.09 bits per heavy atom. The molecule has 1 aromatic rings. The summed E-state index contributed by atoms with van der Waals surface area (Å²) in [4.78, 5) is 4.15. The van der Waals surface area contributed by atoms with Gasteiger partial charge >= 0.3 is 0 Å². The van der Waals surface area contributed by atoms with E-state index in [4.69, 9.17) is 23.7 Å². The quantitative estimate of drug-likeness (QED) is 0.694. The molecule has 23 heavy (non-hydrogen) atoms. The minimum Gasteiger partial charge on any atom is -0.377 e. The molecule has 2 N–H and O–H groups in total. The Balaban J connectivity index is 1.93. The van der Waals surface area contributed by atoms with E-state index in [1.54, 1.807) is 18.2 Å². The number of rotatable bonds is 0. The van der Waals surface area contributed by atoms with Gasteiger partial charge in [0.05, 0.1) is 64.2 Å². The molecule has 0 fully saturated rings. The molecular formula is C15H23NO7. The van der Waals surface area contributed by atoms with Gasteiger partial charge in [-0.1, -0.05) is 6.07 Å². The normalized spacial score (nSPS) is 26.2. The van der Waals surface area contributed by atoms with Crippen LogP contribution in [0.4, 0.5) is 0 Å². The SMILES string of the molecule is OC1OCCOCCOCCOCCOC(O)c2cccc1n2. The Kier molecular flexibility index (Phi) is 8.40. The number of nitrogens with zero attached hydrogens (tertiary/aromatic N) is 1. The van der Waals surface area contributed by atoms with E-state index in [2.05, 4.69) is 4.98 Å². The molecule has 0 amide bonds. The van der Waals surface area contributed by atoms with Gasteiger partial charge in [0.1, 0.15) is 0 Å². The summed E-state index contributed by atoms with van der Waals surface area (Å²) in [5, 5.41) is 19.9. The van der Waals surface area contributed by atoms with Crippen LogP contribution in [0.2, 0.25) is 0 Å². The van der Waals surface area contributed by atoms with Crippen molar-refractivity contribution in [2.45, 2.75) is 12.6 Å². The van der Waals surface area contributed by atoms with Gasteiger partial charge in [-0.25, -0.2) is 4.98 Å². The summed E-state index contributed by atoms with van der Waals surface area (Å²) in [7, 11) is 0. The van der Waals surface area contributed by atoms with Crippen LogP contribution >= 0.6 is 0 Å². The molecule has 2 atom stereocenters. The Morgan fingerprint density at radius 3 is 1.52 bits per heavy atom. The highest BCUT2D eigenvalue weighted by atomic mass is 16.6. The smallest absolute Gasteiger partial charge is 0.198 e. The van der Waals surface area contributed by atoms with Crippen molar-refractivity contribution in [1.82, 2.24) is 4.98 Å². The van der Waals surface area contributed by atoms with E-state index >= 15 is 0 Å². The zero-order valence-electron chi connectivity index (χ0n) is 12.9. The van der Waals surface area contributed by atoms with Gasteiger partial charge in [-0.3, -0.25) is 0 Å². The summed E-state index contributed by atoms with van der Waals surface area (Å²) >= 11 is 0. The second-order valence-electron chi connectivity index (χ2n) is 4.77. The fraction of sp³-hybridized carbons (Fsp3) is 0.667. The number of fused-ring (bicyclic) bond motifs is 2. The molecule has 2 heterocycles. The zero-order valence-corrected chi connectivity index (χ0v) is 12.9. The average Bonchev–Trinajstić information content (AvgIpc) is 2.58. The van der Waals surface area contributed by atoms with Crippen LogP contribution in [0.25, 0.3) is 0 Å². The zero-order chi connectivity index (χ0) is 16.3. The van der Waals surface area contributed by atoms with E-state index in [9.17, 15) is 10.2 Å². The molecule has 130 valence electrons. The van der Waals surface area contributed by atoms with Crippen LogP contribution in [0.3, 0.4) is 0 Å². The van der Waals surface area contributed by atoms with Gasteiger partial charge < -0.3 is 33.9 Å². The van der Waals surface area contributed by atoms with Crippen LogP contribution in [0.1, 0.15) is 24.0 Å². The lowest BCUT2D eigenvalue weighted by molar-refractivity contribution is -0.128. The van der Waals surface area contributed by atoms with Crippen LogP contribution < -0.4 is 0 Å². The fourth-order valence-electron chi connectivity index (χ4n) is 1.89. The Bertz CT molecular complexity index is 410. The molecular weight excluding hydrogens is 306 g/mol. The summed E-state index contributed by atoms with van der Waals surface area (Å²) in [5.41, 5.74) is 0.594. The minimum absolute atomic E-state index is 0.217. The highest BCUT2D eigenvalue weighted by molar-refractivity contribution is 5.12. The first-order valence-corrected chi connectivity index (χ1v) is 7.57. The summed E-state index contributed by atoms with van der Waals surface area (Å²) in [6.45, 7) is 2.93. The summed E-state index contributed by atoms with van der Waals surface area (Å²) in [5.74, 6) is 0. The fourth-order valence-corrected chi connectivity index (χ4v) is 1.89. The predicted molar refractivity (Wildman–Crippen MR) is 78.5 cm³/mol. The van der Waals surface area contributed by atoms with E-state index in [0.29, 0.717) is 51.0 Å². The van der Waals surface area contributed by atoms with Crippen LogP contribution in [0, 0.1) is 0 Å². The molecule has 2 unspecified atom stereocenters. The molecule has 0 radical (unpaired) electrons. The van der Waals surface area contributed by atoms with Crippen molar-refractivity contribution in [2.24, 2.45) is 0 Å². The number of aromatic nitrogens is 1. The lowest BCUT2D eigenvalue weighted by Gasteiger charge is -2.16. The van der Waals surface area contributed by atoms with Gasteiger partial charge in [0.25, 0.3) is 0 Å². The monoisotopic (exact) mass is 329 g/mol. The van der Waals surface area contributed by atoms with Gasteiger partial charge in [0, 0.05) is 0 Å². The van der Waals surface area contributed by atoms with Crippen molar-refractivity contribution in [3.63, 3.8) is 0 Å². The van der Waals surface area contributed by atoms with Crippen LogP contribution in [0.15, 0.2) is 18.2 Å². The van der Waals surface area contributed by atoms with Gasteiger partial charge in [0.2, 0.25) is 0 Å². The van der Waals surface area contributed by atoms with Crippen molar-refractivity contribution in [3.8, 4) is 0 Å². The van der Waals surface area contributed by atoms with Crippen molar-refractivity contribution in [2.75, 3.05) is 52.9 Å². The summed E-state index contributed by atoms with van der Waals surface area (Å²) in [6, 6.07) is 4.88. The van der Waals surface area contributed by atoms with Crippen LogP contribution in [-0.4, -0.2) is 68.1 Å². The van der Waals surface area contributed by atoms with E-state index in [-0.39, 0.29) is 13.2 Å². The van der Waals surface area contributed by atoms with Gasteiger partial charge in [0.15, 0.2) is 12.6 Å². The molecule has 0 spiro atoms. The van der Waals surface area contributed by atoms with E-state index < -0.39 is 12.6 Å². The Labute approximate surface area is 134 Å². The first-order valence-electron chi connectivity index (χ1n) is 7.57. The molecule has 0 saturated heterocycles. The highest BCUT2D eigenvalue weighted by Crippen LogP contribution is 2.17. The maximum atomic E-state index is 9.95. The van der Waals surface area contributed by atoms with E-state index in [0.717, 1.165) is 0 Å². The van der Waals surface area contributed by atoms with E-state index in [1.807, 2.05) is 0 Å². The number of hydrogen-bond donors (Lipinski definition) is 2. The van der Waals surface area contributed by atoms with Crippen molar-refractivity contribution in [1.29, 1.82) is 0 Å². The highest BCUT2D eigenvalue weighted by Gasteiger charge is 2.14. The van der Waals surface area contributed by atoms with Gasteiger partial charge in [-0.2, -0.15) is 0 Å². The molecule has 0 aromatic carbocycles. The van der Waals surface area contributed by atoms with Crippen molar-refractivity contribution in [3.05, 3.63) is 29.6 Å². The molecule has 1 aliphatic rings. The largest absolute Gasteiger partial charge is 0.377 e. The predicted octanol–water partition coefficient (Wildman–Crippen LogP) is 0.160. The lowest BCUT2D eigenvalue weighted by atomic mass is 10.3.